The molecule has 0 unspecified atom stereocenters. The van der Waals surface area contributed by atoms with Crippen LogP contribution < -0.4 is 0 Å². The van der Waals surface area contributed by atoms with Gasteiger partial charge in [-0.3, -0.25) is 0 Å². The minimum atomic E-state index is -3.37. The van der Waals surface area contributed by atoms with E-state index >= 15 is 0 Å². The van der Waals surface area contributed by atoms with Gasteiger partial charge in [0.15, 0.2) is 0 Å². The van der Waals surface area contributed by atoms with Gasteiger partial charge in [0.25, 0.3) is 10.2 Å². The van der Waals surface area contributed by atoms with Crippen molar-refractivity contribution in [2.75, 3.05) is 20.1 Å². The molecule has 1 fully saturated rings. The predicted octanol–water partition coefficient (Wildman–Crippen LogP) is 2.50. The van der Waals surface area contributed by atoms with Crippen molar-refractivity contribution in [3.8, 4) is 0 Å². The fourth-order valence-corrected chi connectivity index (χ4v) is 3.85. The van der Waals surface area contributed by atoms with Gasteiger partial charge in [0.2, 0.25) is 0 Å². The topological polar surface area (TPSA) is 40.6 Å². The monoisotopic (exact) mass is 302 g/mol. The van der Waals surface area contributed by atoms with E-state index in [1.54, 1.807) is 17.4 Å². The van der Waals surface area contributed by atoms with Crippen LogP contribution in [-0.4, -0.2) is 37.2 Å². The highest BCUT2D eigenvalue weighted by atomic mass is 35.5. The van der Waals surface area contributed by atoms with Crippen molar-refractivity contribution in [2.45, 2.75) is 25.8 Å². The third-order valence-corrected chi connectivity index (χ3v) is 5.69. The summed E-state index contributed by atoms with van der Waals surface area (Å²) in [6.45, 7) is 1.54. The summed E-state index contributed by atoms with van der Waals surface area (Å²) in [6, 6.07) is 7.33. The van der Waals surface area contributed by atoms with Crippen molar-refractivity contribution < 1.29 is 8.42 Å². The summed E-state index contributed by atoms with van der Waals surface area (Å²) in [7, 11) is -1.76. The lowest BCUT2D eigenvalue weighted by atomic mass is 10.2. The molecule has 1 aliphatic rings. The van der Waals surface area contributed by atoms with Gasteiger partial charge in [-0.25, -0.2) is 0 Å². The molecular weight excluding hydrogens is 284 g/mol. The van der Waals surface area contributed by atoms with Gasteiger partial charge in [0.1, 0.15) is 0 Å². The normalized spacial score (nSPS) is 17.8. The summed E-state index contributed by atoms with van der Waals surface area (Å²) in [4.78, 5) is 0. The van der Waals surface area contributed by atoms with Crippen LogP contribution in [0.25, 0.3) is 0 Å². The molecule has 0 saturated carbocycles. The number of benzene rings is 1. The number of halogens is 1. The van der Waals surface area contributed by atoms with E-state index in [9.17, 15) is 8.42 Å². The van der Waals surface area contributed by atoms with Crippen LogP contribution in [0, 0.1) is 0 Å². The molecular formula is C13H19ClN2O2S. The number of nitrogens with zero attached hydrogens (tertiary/aromatic N) is 2. The van der Waals surface area contributed by atoms with Crippen molar-refractivity contribution in [3.63, 3.8) is 0 Å². The summed E-state index contributed by atoms with van der Waals surface area (Å²) >= 11 is 6.07. The molecule has 0 atom stereocenters. The molecule has 1 saturated heterocycles. The molecule has 0 spiro atoms. The van der Waals surface area contributed by atoms with Crippen LogP contribution >= 0.6 is 11.6 Å². The molecule has 1 aliphatic heterocycles. The molecule has 2 rings (SSSR count). The van der Waals surface area contributed by atoms with E-state index in [0.717, 1.165) is 24.8 Å². The second kappa shape index (κ2) is 6.22. The first kappa shape index (κ1) is 14.8. The summed E-state index contributed by atoms with van der Waals surface area (Å²) in [6.07, 6.45) is 3.00. The van der Waals surface area contributed by atoms with E-state index < -0.39 is 10.2 Å². The summed E-state index contributed by atoms with van der Waals surface area (Å²) in [5.74, 6) is 0. The molecule has 6 heteroatoms. The standard InChI is InChI=1S/C13H19ClN2O2S/c1-15(11-12-7-3-4-8-13(12)14)19(17,18)16-9-5-2-6-10-16/h3-4,7-8H,2,5-6,9-11H2,1H3. The summed E-state index contributed by atoms with van der Waals surface area (Å²) in [5.41, 5.74) is 0.826. The van der Waals surface area contributed by atoms with Crippen LogP contribution in [-0.2, 0) is 16.8 Å². The maximum atomic E-state index is 12.4. The highest BCUT2D eigenvalue weighted by Gasteiger charge is 2.28. The van der Waals surface area contributed by atoms with Crippen molar-refractivity contribution in [2.24, 2.45) is 0 Å². The third-order valence-electron chi connectivity index (χ3n) is 3.39. The average molecular weight is 303 g/mol. The molecule has 106 valence electrons. The Bertz CT molecular complexity index is 527. The van der Waals surface area contributed by atoms with Gasteiger partial charge < -0.3 is 0 Å². The first-order chi connectivity index (χ1) is 9.01. The smallest absolute Gasteiger partial charge is 0.195 e. The lowest BCUT2D eigenvalue weighted by molar-refractivity contribution is 0.314. The van der Waals surface area contributed by atoms with Crippen LogP contribution in [0.15, 0.2) is 24.3 Å². The minimum absolute atomic E-state index is 0.304. The first-order valence-electron chi connectivity index (χ1n) is 6.46. The molecule has 1 aromatic carbocycles. The van der Waals surface area contributed by atoms with E-state index in [1.165, 1.54) is 4.31 Å². The Hall–Kier alpha value is -0.620. The average Bonchev–Trinajstić information content (AvgIpc) is 2.42. The molecule has 19 heavy (non-hydrogen) atoms. The Kier molecular flexibility index (Phi) is 4.84. The maximum Gasteiger partial charge on any atom is 0.282 e. The molecule has 1 aromatic rings. The van der Waals surface area contributed by atoms with Gasteiger partial charge in [-0.15, -0.1) is 0 Å². The fourth-order valence-electron chi connectivity index (χ4n) is 2.24. The molecule has 0 N–H and O–H groups in total. The van der Waals surface area contributed by atoms with E-state index in [2.05, 4.69) is 0 Å². The lowest BCUT2D eigenvalue weighted by Crippen LogP contribution is -2.44. The fraction of sp³-hybridized carbons (Fsp3) is 0.538. The maximum absolute atomic E-state index is 12.4. The van der Waals surface area contributed by atoms with Crippen LogP contribution in [0.3, 0.4) is 0 Å². The van der Waals surface area contributed by atoms with E-state index in [4.69, 9.17) is 11.6 Å². The lowest BCUT2D eigenvalue weighted by Gasteiger charge is -2.30. The van der Waals surface area contributed by atoms with Crippen LogP contribution in [0.2, 0.25) is 5.02 Å². The third kappa shape index (κ3) is 3.48. The summed E-state index contributed by atoms with van der Waals surface area (Å²) < 4.78 is 27.8. The molecule has 0 aromatic heterocycles. The molecule has 1 heterocycles. The Morgan fingerprint density at radius 2 is 1.84 bits per heavy atom. The Labute approximate surface area is 120 Å². The Morgan fingerprint density at radius 1 is 1.21 bits per heavy atom. The summed E-state index contributed by atoms with van der Waals surface area (Å²) in [5, 5.41) is 0.600. The Morgan fingerprint density at radius 3 is 2.47 bits per heavy atom. The predicted molar refractivity (Wildman–Crippen MR) is 77.3 cm³/mol. The number of hydrogen-bond acceptors (Lipinski definition) is 2. The molecule has 0 bridgehead atoms. The van der Waals surface area contributed by atoms with Crippen LogP contribution in [0.4, 0.5) is 0 Å². The van der Waals surface area contributed by atoms with E-state index in [1.807, 2.05) is 18.2 Å². The molecule has 4 nitrogen and oxygen atoms in total. The molecule has 0 amide bonds. The quantitative estimate of drug-likeness (QED) is 0.857. The second-order valence-corrected chi connectivity index (χ2v) is 7.26. The van der Waals surface area contributed by atoms with Crippen molar-refractivity contribution in [1.82, 2.24) is 8.61 Å². The molecule has 0 radical (unpaired) electrons. The first-order valence-corrected chi connectivity index (χ1v) is 8.24. The van der Waals surface area contributed by atoms with Crippen molar-refractivity contribution in [1.29, 1.82) is 0 Å². The van der Waals surface area contributed by atoms with Gasteiger partial charge in [-0.2, -0.15) is 17.0 Å². The zero-order valence-corrected chi connectivity index (χ0v) is 12.6. The van der Waals surface area contributed by atoms with Gasteiger partial charge in [0, 0.05) is 31.7 Å². The van der Waals surface area contributed by atoms with Crippen LogP contribution in [0.1, 0.15) is 24.8 Å². The highest BCUT2D eigenvalue weighted by Crippen LogP contribution is 2.20. The zero-order valence-electron chi connectivity index (χ0n) is 11.0. The van der Waals surface area contributed by atoms with Gasteiger partial charge >= 0.3 is 0 Å². The largest absolute Gasteiger partial charge is 0.282 e. The van der Waals surface area contributed by atoms with Crippen molar-refractivity contribution in [3.05, 3.63) is 34.9 Å². The zero-order chi connectivity index (χ0) is 13.9. The second-order valence-electron chi connectivity index (χ2n) is 4.81. The number of rotatable bonds is 4. The van der Waals surface area contributed by atoms with Gasteiger partial charge in [-0.05, 0) is 24.5 Å². The van der Waals surface area contributed by atoms with E-state index in [-0.39, 0.29) is 0 Å². The highest BCUT2D eigenvalue weighted by molar-refractivity contribution is 7.86. The van der Waals surface area contributed by atoms with Gasteiger partial charge in [-0.1, -0.05) is 36.2 Å². The van der Waals surface area contributed by atoms with Crippen molar-refractivity contribution >= 4 is 21.8 Å². The van der Waals surface area contributed by atoms with E-state index in [0.29, 0.717) is 24.7 Å². The number of hydrogen-bond donors (Lipinski definition) is 0. The number of piperidine rings is 1. The molecule has 0 aliphatic carbocycles. The SMILES string of the molecule is CN(Cc1ccccc1Cl)S(=O)(=O)N1CCCCC1. The van der Waals surface area contributed by atoms with Gasteiger partial charge in [0.05, 0.1) is 0 Å². The minimum Gasteiger partial charge on any atom is -0.195 e. The Balaban J connectivity index is 2.10. The van der Waals surface area contributed by atoms with Crippen LogP contribution in [0.5, 0.6) is 0 Å².